The fourth-order valence-corrected chi connectivity index (χ4v) is 4.14. The number of thiazole rings is 1. The minimum Gasteiger partial charge on any atom is -0.453 e. The van der Waals surface area contributed by atoms with Gasteiger partial charge >= 0.3 is 0 Å². The molecule has 1 N–H and O–H groups in total. The van der Waals surface area contributed by atoms with Crippen LogP contribution >= 0.6 is 23.1 Å². The highest BCUT2D eigenvalue weighted by atomic mass is 32.2. The van der Waals surface area contributed by atoms with Gasteiger partial charge in [-0.3, -0.25) is 0 Å². The topological polar surface area (TPSA) is 47.0 Å². The second-order valence-corrected chi connectivity index (χ2v) is 8.14. The number of nitrogens with one attached hydrogen (secondary N) is 1. The summed E-state index contributed by atoms with van der Waals surface area (Å²) < 4.78 is 20.0. The molecule has 0 spiro atoms. The number of para-hydroxylation sites is 1. The molecule has 2 aromatic heterocycles. The number of aryl methyl sites for hydroxylation is 1. The first-order chi connectivity index (χ1) is 14.2. The Morgan fingerprint density at radius 3 is 2.66 bits per heavy atom. The number of hydrogen-bond donors (Lipinski definition) is 1. The zero-order chi connectivity index (χ0) is 20.1. The first-order valence-electron chi connectivity index (χ1n) is 8.96. The van der Waals surface area contributed by atoms with Gasteiger partial charge in [0.1, 0.15) is 11.6 Å². The molecule has 0 unspecified atom stereocenters. The summed E-state index contributed by atoms with van der Waals surface area (Å²) in [5.74, 6) is 2.19. The Hall–Kier alpha value is -2.90. The van der Waals surface area contributed by atoms with Gasteiger partial charge in [0.2, 0.25) is 0 Å². The molecule has 0 atom stereocenters. The van der Waals surface area contributed by atoms with Crippen LogP contribution in [0.2, 0.25) is 0 Å². The van der Waals surface area contributed by atoms with Gasteiger partial charge < -0.3 is 10.1 Å². The molecule has 0 aliphatic carbocycles. The predicted molar refractivity (Wildman–Crippen MR) is 117 cm³/mol. The van der Waals surface area contributed by atoms with Crippen molar-refractivity contribution in [2.24, 2.45) is 0 Å². The lowest BCUT2D eigenvalue weighted by Gasteiger charge is -2.12. The van der Waals surface area contributed by atoms with Gasteiger partial charge in [-0.25, -0.2) is 14.4 Å². The van der Waals surface area contributed by atoms with Crippen LogP contribution in [0, 0.1) is 12.7 Å². The van der Waals surface area contributed by atoms with Gasteiger partial charge in [0.05, 0.1) is 5.69 Å². The van der Waals surface area contributed by atoms with Crippen LogP contribution in [0.4, 0.5) is 15.3 Å². The summed E-state index contributed by atoms with van der Waals surface area (Å²) in [5.41, 5.74) is 1.60. The van der Waals surface area contributed by atoms with Crippen molar-refractivity contribution in [3.8, 4) is 11.5 Å². The molecule has 7 heteroatoms. The molecule has 4 rings (SSSR count). The van der Waals surface area contributed by atoms with Gasteiger partial charge in [0, 0.05) is 22.2 Å². The molecule has 0 amide bonds. The maximum atomic E-state index is 13.9. The van der Waals surface area contributed by atoms with Gasteiger partial charge in [0.15, 0.2) is 16.7 Å². The first-order valence-corrected chi connectivity index (χ1v) is 10.8. The Morgan fingerprint density at radius 2 is 1.90 bits per heavy atom. The molecule has 0 aliphatic rings. The van der Waals surface area contributed by atoms with E-state index in [1.807, 2.05) is 54.8 Å². The number of hydrogen-bond acceptors (Lipinski definition) is 6. The van der Waals surface area contributed by atoms with E-state index in [9.17, 15) is 4.39 Å². The minimum atomic E-state index is -0.203. The normalized spacial score (nSPS) is 10.7. The van der Waals surface area contributed by atoms with Crippen molar-refractivity contribution in [2.75, 3.05) is 5.32 Å². The Balaban J connectivity index is 1.58. The van der Waals surface area contributed by atoms with Crippen molar-refractivity contribution in [3.05, 3.63) is 89.3 Å². The average molecular weight is 424 g/mol. The van der Waals surface area contributed by atoms with Crippen LogP contribution < -0.4 is 10.1 Å². The van der Waals surface area contributed by atoms with Crippen molar-refractivity contribution in [3.63, 3.8) is 0 Å². The molecular weight excluding hydrogens is 405 g/mol. The van der Waals surface area contributed by atoms with E-state index in [2.05, 4.69) is 15.3 Å². The van der Waals surface area contributed by atoms with Crippen molar-refractivity contribution in [1.29, 1.82) is 0 Å². The lowest BCUT2D eigenvalue weighted by atomic mass is 10.2. The maximum absolute atomic E-state index is 13.9. The van der Waals surface area contributed by atoms with Crippen molar-refractivity contribution in [1.82, 2.24) is 9.97 Å². The smallest absolute Gasteiger partial charge is 0.188 e. The van der Waals surface area contributed by atoms with E-state index in [4.69, 9.17) is 4.74 Å². The maximum Gasteiger partial charge on any atom is 0.188 e. The number of thioether (sulfide) groups is 1. The summed E-state index contributed by atoms with van der Waals surface area (Å²) in [6.45, 7) is 1.94. The Morgan fingerprint density at radius 1 is 1.10 bits per heavy atom. The average Bonchev–Trinajstić information content (AvgIpc) is 3.14. The largest absolute Gasteiger partial charge is 0.453 e. The van der Waals surface area contributed by atoms with E-state index >= 15 is 0 Å². The van der Waals surface area contributed by atoms with Gasteiger partial charge in [-0.2, -0.15) is 0 Å². The summed E-state index contributed by atoms with van der Waals surface area (Å²) in [6, 6.07) is 18.2. The second-order valence-electron chi connectivity index (χ2n) is 6.23. The third-order valence-electron chi connectivity index (χ3n) is 4.00. The van der Waals surface area contributed by atoms with E-state index in [0.717, 1.165) is 15.7 Å². The lowest BCUT2D eigenvalue weighted by Crippen LogP contribution is -1.98. The highest BCUT2D eigenvalue weighted by Crippen LogP contribution is 2.35. The molecule has 0 fully saturated rings. The van der Waals surface area contributed by atoms with Gasteiger partial charge in [-0.05, 0) is 36.8 Å². The number of anilines is 2. The van der Waals surface area contributed by atoms with Gasteiger partial charge in [-0.15, -0.1) is 23.1 Å². The van der Waals surface area contributed by atoms with Crippen LogP contribution in [-0.4, -0.2) is 9.97 Å². The third-order valence-corrected chi connectivity index (χ3v) is 5.88. The Kier molecular flexibility index (Phi) is 6.07. The van der Waals surface area contributed by atoms with Crippen molar-refractivity contribution in [2.45, 2.75) is 17.6 Å². The Labute approximate surface area is 176 Å². The van der Waals surface area contributed by atoms with E-state index in [0.29, 0.717) is 28.6 Å². The van der Waals surface area contributed by atoms with Crippen molar-refractivity contribution < 1.29 is 9.13 Å². The molecule has 4 aromatic rings. The number of aromatic nitrogens is 2. The standard InChI is InChI=1S/C22H18FN3OS2/c1-15-13-29-22(25-15)26-21-20(27-17-8-3-2-4-9-17)11-18(12-24-21)28-14-16-7-5-6-10-19(16)23/h2-13H,14H2,1H3,(H,24,25,26). The highest BCUT2D eigenvalue weighted by molar-refractivity contribution is 7.98. The lowest BCUT2D eigenvalue weighted by molar-refractivity contribution is 0.481. The van der Waals surface area contributed by atoms with Crippen LogP contribution in [0.1, 0.15) is 11.3 Å². The first kappa shape index (κ1) is 19.4. The number of rotatable bonds is 7. The number of pyridine rings is 1. The molecule has 4 nitrogen and oxygen atoms in total. The summed E-state index contributed by atoms with van der Waals surface area (Å²) >= 11 is 3.02. The number of nitrogens with zero attached hydrogens (tertiary/aromatic N) is 2. The molecule has 0 aliphatic heterocycles. The van der Waals surface area contributed by atoms with E-state index in [1.54, 1.807) is 18.3 Å². The SMILES string of the molecule is Cc1csc(Nc2ncc(SCc3ccccc3F)cc2Oc2ccccc2)n1. The van der Waals surface area contributed by atoms with Crippen LogP contribution in [0.5, 0.6) is 11.5 Å². The number of ether oxygens (including phenoxy) is 1. The van der Waals surface area contributed by atoms with Crippen LogP contribution in [0.25, 0.3) is 0 Å². The number of halogens is 1. The van der Waals surface area contributed by atoms with Crippen LogP contribution in [0.3, 0.4) is 0 Å². The van der Waals surface area contributed by atoms with E-state index in [-0.39, 0.29) is 5.82 Å². The van der Waals surface area contributed by atoms with Crippen molar-refractivity contribution >= 4 is 34.0 Å². The van der Waals surface area contributed by atoms with E-state index < -0.39 is 0 Å². The molecule has 0 radical (unpaired) electrons. The fraction of sp³-hybridized carbons (Fsp3) is 0.0909. The molecule has 0 saturated heterocycles. The molecule has 29 heavy (non-hydrogen) atoms. The quantitative estimate of drug-likeness (QED) is 0.331. The monoisotopic (exact) mass is 423 g/mol. The van der Waals surface area contributed by atoms with Gasteiger partial charge in [0.25, 0.3) is 0 Å². The Bertz CT molecular complexity index is 1100. The molecule has 146 valence electrons. The molecule has 0 bridgehead atoms. The molecule has 2 aromatic carbocycles. The van der Waals surface area contributed by atoms with Crippen LogP contribution in [0.15, 0.2) is 77.1 Å². The third kappa shape index (κ3) is 5.13. The summed E-state index contributed by atoms with van der Waals surface area (Å²) in [6.07, 6.45) is 1.76. The highest BCUT2D eigenvalue weighted by Gasteiger charge is 2.12. The molecule has 2 heterocycles. The summed E-state index contributed by atoms with van der Waals surface area (Å²) in [4.78, 5) is 9.85. The molecular formula is C22H18FN3OS2. The van der Waals surface area contributed by atoms with Crippen LogP contribution in [-0.2, 0) is 5.75 Å². The van der Waals surface area contributed by atoms with Gasteiger partial charge in [-0.1, -0.05) is 36.4 Å². The predicted octanol–water partition coefficient (Wildman–Crippen LogP) is 6.81. The molecule has 0 saturated carbocycles. The fourth-order valence-electron chi connectivity index (χ4n) is 2.58. The van der Waals surface area contributed by atoms with E-state index in [1.165, 1.54) is 29.2 Å². The minimum absolute atomic E-state index is 0.203. The number of benzene rings is 2. The zero-order valence-corrected chi connectivity index (χ0v) is 17.3. The summed E-state index contributed by atoms with van der Waals surface area (Å²) in [5, 5.41) is 5.95. The second kappa shape index (κ2) is 9.07. The zero-order valence-electron chi connectivity index (χ0n) is 15.6. The summed E-state index contributed by atoms with van der Waals surface area (Å²) in [7, 11) is 0.